The Morgan fingerprint density at radius 1 is 1.43 bits per heavy atom. The van der Waals surface area contributed by atoms with Gasteiger partial charge in [0, 0.05) is 0 Å². The third-order valence-electron chi connectivity index (χ3n) is 2.72. The van der Waals surface area contributed by atoms with Gasteiger partial charge in [0.15, 0.2) is 0 Å². The minimum atomic E-state index is -1.20. The second-order valence-electron chi connectivity index (χ2n) is 4.22. The number of benzene rings is 1. The zero-order chi connectivity index (χ0) is 15.4. The first-order valence-electron chi connectivity index (χ1n) is 6.19. The fraction of sp³-hybridized carbons (Fsp3) is 0.231. The molecule has 1 aromatic carbocycles. The molecule has 0 aliphatic rings. The van der Waals surface area contributed by atoms with Crippen molar-refractivity contribution in [2.75, 3.05) is 5.32 Å². The first kappa shape index (κ1) is 15.4. The lowest BCUT2D eigenvalue weighted by Gasteiger charge is -2.09. The molecule has 1 amide bonds. The molecular formula is C13H12ClN3O3S. The molecule has 0 atom stereocenters. The molecule has 1 heterocycles. The van der Waals surface area contributed by atoms with Crippen molar-refractivity contribution >= 4 is 40.7 Å². The molecule has 21 heavy (non-hydrogen) atoms. The van der Waals surface area contributed by atoms with E-state index in [4.69, 9.17) is 11.6 Å². The lowest BCUT2D eigenvalue weighted by molar-refractivity contribution is 0.0698. The van der Waals surface area contributed by atoms with Gasteiger partial charge in [0.1, 0.15) is 10.4 Å². The summed E-state index contributed by atoms with van der Waals surface area (Å²) in [6.07, 6.45) is 1.48. The molecular weight excluding hydrogens is 314 g/mol. The third kappa shape index (κ3) is 3.37. The number of nitrogens with one attached hydrogen (secondary N) is 1. The van der Waals surface area contributed by atoms with Crippen molar-refractivity contribution < 1.29 is 14.7 Å². The van der Waals surface area contributed by atoms with Gasteiger partial charge in [-0.25, -0.2) is 4.79 Å². The summed E-state index contributed by atoms with van der Waals surface area (Å²) in [5, 5.41) is 15.7. The Morgan fingerprint density at radius 3 is 2.86 bits per heavy atom. The summed E-state index contributed by atoms with van der Waals surface area (Å²) in [7, 11) is 0. The third-order valence-corrected chi connectivity index (χ3v) is 3.81. The first-order valence-corrected chi connectivity index (χ1v) is 7.34. The maximum atomic E-state index is 12.2. The summed E-state index contributed by atoms with van der Waals surface area (Å²) in [6.45, 7) is 1.97. The SMILES string of the molecule is CCCc1nnsc1C(=O)Nc1cccc(Cl)c1C(=O)O. The van der Waals surface area contributed by atoms with E-state index >= 15 is 0 Å². The first-order chi connectivity index (χ1) is 10.0. The highest BCUT2D eigenvalue weighted by Crippen LogP contribution is 2.25. The van der Waals surface area contributed by atoms with Crippen molar-refractivity contribution in [2.24, 2.45) is 0 Å². The van der Waals surface area contributed by atoms with E-state index in [1.165, 1.54) is 12.1 Å². The minimum Gasteiger partial charge on any atom is -0.478 e. The van der Waals surface area contributed by atoms with Gasteiger partial charge >= 0.3 is 5.97 Å². The van der Waals surface area contributed by atoms with Crippen LogP contribution in [-0.2, 0) is 6.42 Å². The smallest absolute Gasteiger partial charge is 0.339 e. The van der Waals surface area contributed by atoms with Crippen LogP contribution in [0.15, 0.2) is 18.2 Å². The number of aryl methyl sites for hydroxylation is 1. The molecule has 0 radical (unpaired) electrons. The number of carboxylic acid groups (broad SMARTS) is 1. The zero-order valence-electron chi connectivity index (χ0n) is 11.1. The molecule has 0 unspecified atom stereocenters. The predicted molar refractivity (Wildman–Crippen MR) is 80.3 cm³/mol. The molecule has 0 aliphatic carbocycles. The Labute approximate surface area is 129 Å². The van der Waals surface area contributed by atoms with E-state index in [1.54, 1.807) is 6.07 Å². The van der Waals surface area contributed by atoms with Gasteiger partial charge in [-0.1, -0.05) is 35.5 Å². The molecule has 0 saturated carbocycles. The number of halogens is 1. The molecule has 8 heteroatoms. The normalized spacial score (nSPS) is 10.4. The maximum Gasteiger partial charge on any atom is 0.339 e. The molecule has 0 aliphatic heterocycles. The van der Waals surface area contributed by atoms with Crippen molar-refractivity contribution in [3.8, 4) is 0 Å². The number of amides is 1. The summed E-state index contributed by atoms with van der Waals surface area (Å²) >= 11 is 6.84. The molecule has 1 aromatic heterocycles. The zero-order valence-corrected chi connectivity index (χ0v) is 12.7. The van der Waals surface area contributed by atoms with Crippen molar-refractivity contribution in [3.05, 3.63) is 39.4 Å². The fourth-order valence-electron chi connectivity index (χ4n) is 1.81. The maximum absolute atomic E-state index is 12.2. The number of rotatable bonds is 5. The lowest BCUT2D eigenvalue weighted by Crippen LogP contribution is -2.15. The van der Waals surface area contributed by atoms with E-state index in [0.717, 1.165) is 18.0 Å². The number of carboxylic acids is 1. The monoisotopic (exact) mass is 325 g/mol. The Kier molecular flexibility index (Phi) is 4.87. The number of nitrogens with zero attached hydrogens (tertiary/aromatic N) is 2. The van der Waals surface area contributed by atoms with E-state index in [-0.39, 0.29) is 16.3 Å². The van der Waals surface area contributed by atoms with Gasteiger partial charge in [0.2, 0.25) is 0 Å². The van der Waals surface area contributed by atoms with Crippen molar-refractivity contribution in [1.29, 1.82) is 0 Å². The van der Waals surface area contributed by atoms with Crippen LogP contribution < -0.4 is 5.32 Å². The van der Waals surface area contributed by atoms with E-state index in [2.05, 4.69) is 14.9 Å². The summed E-state index contributed by atoms with van der Waals surface area (Å²) in [5.41, 5.74) is 0.622. The summed E-state index contributed by atoms with van der Waals surface area (Å²) < 4.78 is 3.77. The van der Waals surface area contributed by atoms with Crippen LogP contribution in [0.25, 0.3) is 0 Å². The summed E-state index contributed by atoms with van der Waals surface area (Å²) in [5.74, 6) is -1.63. The number of hydrogen-bond acceptors (Lipinski definition) is 5. The van der Waals surface area contributed by atoms with Crippen LogP contribution in [0.2, 0.25) is 5.02 Å². The average molecular weight is 326 g/mol. The van der Waals surface area contributed by atoms with Crippen molar-refractivity contribution in [2.45, 2.75) is 19.8 Å². The largest absolute Gasteiger partial charge is 0.478 e. The number of aromatic nitrogens is 2. The van der Waals surface area contributed by atoms with Crippen LogP contribution in [0.1, 0.15) is 39.1 Å². The molecule has 2 rings (SSSR count). The van der Waals surface area contributed by atoms with E-state index in [9.17, 15) is 14.7 Å². The molecule has 2 N–H and O–H groups in total. The molecule has 2 aromatic rings. The quantitative estimate of drug-likeness (QED) is 0.881. The Morgan fingerprint density at radius 2 is 2.19 bits per heavy atom. The standard InChI is InChI=1S/C13H12ClN3O3S/c1-2-4-9-11(21-17-16-9)12(18)15-8-6-3-5-7(14)10(8)13(19)20/h3,5-6H,2,4H2,1H3,(H,15,18)(H,19,20). The molecule has 0 spiro atoms. The lowest BCUT2D eigenvalue weighted by atomic mass is 10.1. The van der Waals surface area contributed by atoms with Gasteiger partial charge in [-0.15, -0.1) is 5.10 Å². The molecule has 0 saturated heterocycles. The molecule has 0 fully saturated rings. The number of aromatic carboxylic acids is 1. The molecule has 6 nitrogen and oxygen atoms in total. The van der Waals surface area contributed by atoms with Gasteiger partial charge in [-0.3, -0.25) is 4.79 Å². The molecule has 0 bridgehead atoms. The summed E-state index contributed by atoms with van der Waals surface area (Å²) in [4.78, 5) is 23.8. The number of hydrogen-bond donors (Lipinski definition) is 2. The highest BCUT2D eigenvalue weighted by Gasteiger charge is 2.20. The van der Waals surface area contributed by atoms with E-state index < -0.39 is 11.9 Å². The van der Waals surface area contributed by atoms with Crippen LogP contribution in [-0.4, -0.2) is 26.6 Å². The second kappa shape index (κ2) is 6.64. The second-order valence-corrected chi connectivity index (χ2v) is 5.38. The van der Waals surface area contributed by atoms with Gasteiger partial charge < -0.3 is 10.4 Å². The van der Waals surface area contributed by atoms with Gasteiger partial charge in [0.05, 0.1) is 16.4 Å². The van der Waals surface area contributed by atoms with Crippen LogP contribution in [0.4, 0.5) is 5.69 Å². The Bertz CT molecular complexity index is 687. The van der Waals surface area contributed by atoms with Crippen molar-refractivity contribution in [1.82, 2.24) is 9.59 Å². The highest BCUT2D eigenvalue weighted by atomic mass is 35.5. The van der Waals surface area contributed by atoms with Crippen LogP contribution in [0, 0.1) is 0 Å². The van der Waals surface area contributed by atoms with Crippen LogP contribution in [0.5, 0.6) is 0 Å². The topological polar surface area (TPSA) is 92.2 Å². The Hall–Kier alpha value is -1.99. The average Bonchev–Trinajstić information content (AvgIpc) is 2.87. The summed E-state index contributed by atoms with van der Waals surface area (Å²) in [6, 6.07) is 4.51. The van der Waals surface area contributed by atoms with Crippen molar-refractivity contribution in [3.63, 3.8) is 0 Å². The van der Waals surface area contributed by atoms with Crippen LogP contribution in [0.3, 0.4) is 0 Å². The minimum absolute atomic E-state index is 0.0662. The van der Waals surface area contributed by atoms with Gasteiger partial charge in [0.25, 0.3) is 5.91 Å². The Balaban J connectivity index is 2.30. The van der Waals surface area contributed by atoms with Gasteiger partial charge in [-0.2, -0.15) is 0 Å². The van der Waals surface area contributed by atoms with Gasteiger partial charge in [-0.05, 0) is 30.1 Å². The number of carbonyl (C=O) groups excluding carboxylic acids is 1. The number of anilines is 1. The number of carbonyl (C=O) groups is 2. The van der Waals surface area contributed by atoms with Crippen LogP contribution >= 0.6 is 23.1 Å². The molecule has 110 valence electrons. The predicted octanol–water partition coefficient (Wildman–Crippen LogP) is 3.09. The van der Waals surface area contributed by atoms with E-state index in [1.807, 2.05) is 6.92 Å². The fourth-order valence-corrected chi connectivity index (χ4v) is 2.66. The highest BCUT2D eigenvalue weighted by molar-refractivity contribution is 7.08. The van der Waals surface area contributed by atoms with E-state index in [0.29, 0.717) is 17.0 Å².